The van der Waals surface area contributed by atoms with Crippen LogP contribution in [0.5, 0.6) is 5.75 Å². The Hall–Kier alpha value is -1.88. The van der Waals surface area contributed by atoms with Gasteiger partial charge in [0.05, 0.1) is 12.2 Å². The summed E-state index contributed by atoms with van der Waals surface area (Å²) in [7, 11) is 0. The number of hydrogen-bond acceptors (Lipinski definition) is 4. The van der Waals surface area contributed by atoms with E-state index in [1.165, 1.54) is 0 Å². The fourth-order valence-electron chi connectivity index (χ4n) is 2.16. The Morgan fingerprint density at radius 3 is 2.81 bits per heavy atom. The first-order valence-electron chi connectivity index (χ1n) is 7.42. The van der Waals surface area contributed by atoms with E-state index in [9.17, 15) is 0 Å². The normalized spacial score (nSPS) is 12.4. The maximum atomic E-state index is 6.04. The second-order valence-electron chi connectivity index (χ2n) is 5.29. The van der Waals surface area contributed by atoms with E-state index in [0.717, 1.165) is 42.3 Å². The van der Waals surface area contributed by atoms with Gasteiger partial charge in [0, 0.05) is 30.6 Å². The van der Waals surface area contributed by atoms with E-state index in [1.54, 1.807) is 6.20 Å². The van der Waals surface area contributed by atoms with E-state index in [2.05, 4.69) is 21.5 Å². The van der Waals surface area contributed by atoms with Crippen molar-refractivity contribution in [3.05, 3.63) is 41.7 Å². The number of imidazole rings is 1. The first-order chi connectivity index (χ1) is 10.1. The van der Waals surface area contributed by atoms with Crippen molar-refractivity contribution in [1.29, 1.82) is 0 Å². The molecule has 0 saturated carbocycles. The molecule has 1 atom stereocenters. The van der Waals surface area contributed by atoms with Crippen LogP contribution in [0.4, 0.5) is 0 Å². The van der Waals surface area contributed by atoms with Crippen molar-refractivity contribution in [2.24, 2.45) is 5.73 Å². The van der Waals surface area contributed by atoms with E-state index in [1.807, 2.05) is 32.2 Å². The molecule has 2 aromatic heterocycles. The van der Waals surface area contributed by atoms with Crippen molar-refractivity contribution in [3.63, 3.8) is 0 Å². The van der Waals surface area contributed by atoms with Crippen LogP contribution >= 0.6 is 0 Å². The number of ether oxygens (including phenoxy) is 1. The number of nitrogens with two attached hydrogens (primary N) is 1. The van der Waals surface area contributed by atoms with Crippen LogP contribution in [0, 0.1) is 13.8 Å². The largest absolute Gasteiger partial charge is 0.490 e. The Bertz CT molecular complexity index is 579. The third-order valence-corrected chi connectivity index (χ3v) is 3.56. The zero-order valence-electron chi connectivity index (χ0n) is 13.0. The third kappa shape index (κ3) is 4.29. The van der Waals surface area contributed by atoms with Crippen molar-refractivity contribution in [2.45, 2.75) is 46.2 Å². The highest BCUT2D eigenvalue weighted by Crippen LogP contribution is 2.19. The Morgan fingerprint density at radius 2 is 2.14 bits per heavy atom. The van der Waals surface area contributed by atoms with Gasteiger partial charge in [0.2, 0.25) is 0 Å². The van der Waals surface area contributed by atoms with E-state index in [4.69, 9.17) is 10.5 Å². The van der Waals surface area contributed by atoms with Gasteiger partial charge in [0.1, 0.15) is 18.2 Å². The van der Waals surface area contributed by atoms with E-state index < -0.39 is 0 Å². The first kappa shape index (κ1) is 15.5. The molecule has 0 aliphatic carbocycles. The van der Waals surface area contributed by atoms with Gasteiger partial charge in [0.25, 0.3) is 0 Å². The fourth-order valence-corrected chi connectivity index (χ4v) is 2.16. The highest BCUT2D eigenvalue weighted by Gasteiger charge is 2.10. The predicted octanol–water partition coefficient (Wildman–Crippen LogP) is 2.25. The lowest BCUT2D eigenvalue weighted by Crippen LogP contribution is -2.22. The van der Waals surface area contributed by atoms with Gasteiger partial charge < -0.3 is 15.0 Å². The minimum Gasteiger partial charge on any atom is -0.490 e. The van der Waals surface area contributed by atoms with Gasteiger partial charge in [-0.3, -0.25) is 4.98 Å². The molecule has 114 valence electrons. The second-order valence-corrected chi connectivity index (χ2v) is 5.29. The number of hydrogen-bond donors (Lipinski definition) is 1. The number of aryl methyl sites for hydroxylation is 2. The molecule has 0 spiro atoms. The Labute approximate surface area is 126 Å². The van der Waals surface area contributed by atoms with Gasteiger partial charge in [-0.2, -0.15) is 0 Å². The topological polar surface area (TPSA) is 66.0 Å². The van der Waals surface area contributed by atoms with Crippen LogP contribution in [0.2, 0.25) is 0 Å². The summed E-state index contributed by atoms with van der Waals surface area (Å²) in [5.41, 5.74) is 7.98. The van der Waals surface area contributed by atoms with Crippen LogP contribution in [-0.2, 0) is 13.0 Å². The van der Waals surface area contributed by atoms with Crippen LogP contribution in [-0.4, -0.2) is 27.2 Å². The molecule has 2 N–H and O–H groups in total. The van der Waals surface area contributed by atoms with Gasteiger partial charge in [0.15, 0.2) is 0 Å². The Kier molecular flexibility index (Phi) is 5.33. The smallest absolute Gasteiger partial charge is 0.140 e. The molecule has 5 heteroatoms. The average Bonchev–Trinajstić information content (AvgIpc) is 2.86. The molecule has 0 bridgehead atoms. The zero-order chi connectivity index (χ0) is 15.2. The van der Waals surface area contributed by atoms with Crippen molar-refractivity contribution < 1.29 is 4.74 Å². The molecular formula is C16H24N4O. The van der Waals surface area contributed by atoms with Gasteiger partial charge in [-0.25, -0.2) is 4.98 Å². The molecule has 0 saturated heterocycles. The summed E-state index contributed by atoms with van der Waals surface area (Å²) in [6.07, 6.45) is 5.44. The molecule has 2 heterocycles. The van der Waals surface area contributed by atoms with Crippen molar-refractivity contribution in [2.75, 3.05) is 6.61 Å². The van der Waals surface area contributed by atoms with Crippen LogP contribution < -0.4 is 10.5 Å². The highest BCUT2D eigenvalue weighted by atomic mass is 16.5. The molecule has 0 aromatic carbocycles. The molecule has 1 unspecified atom stereocenters. The molecule has 5 nitrogen and oxygen atoms in total. The van der Waals surface area contributed by atoms with Crippen LogP contribution in [0.1, 0.15) is 30.6 Å². The van der Waals surface area contributed by atoms with Crippen LogP contribution in [0.15, 0.2) is 24.5 Å². The van der Waals surface area contributed by atoms with E-state index >= 15 is 0 Å². The summed E-state index contributed by atoms with van der Waals surface area (Å²) in [6, 6.07) is 4.08. The number of nitrogens with zero attached hydrogens (tertiary/aromatic N) is 3. The van der Waals surface area contributed by atoms with Crippen LogP contribution in [0.3, 0.4) is 0 Å². The fraction of sp³-hybridized carbons (Fsp3) is 0.500. The maximum Gasteiger partial charge on any atom is 0.140 e. The minimum absolute atomic E-state index is 0.123. The van der Waals surface area contributed by atoms with E-state index in [-0.39, 0.29) is 6.04 Å². The SMILES string of the molecule is CCC(N)Cc1nc(C)ccc1OCCn1ccnc1C. The number of rotatable bonds is 7. The van der Waals surface area contributed by atoms with E-state index in [0.29, 0.717) is 6.61 Å². The molecule has 0 aliphatic rings. The summed E-state index contributed by atoms with van der Waals surface area (Å²) in [4.78, 5) is 8.77. The third-order valence-electron chi connectivity index (χ3n) is 3.56. The Balaban J connectivity index is 2.00. The van der Waals surface area contributed by atoms with Gasteiger partial charge in [-0.1, -0.05) is 6.92 Å². The summed E-state index contributed by atoms with van der Waals surface area (Å²) < 4.78 is 7.97. The summed E-state index contributed by atoms with van der Waals surface area (Å²) in [5.74, 6) is 1.83. The maximum absolute atomic E-state index is 6.04. The Morgan fingerprint density at radius 1 is 1.33 bits per heavy atom. The van der Waals surface area contributed by atoms with Crippen molar-refractivity contribution in [3.8, 4) is 5.75 Å². The predicted molar refractivity (Wildman–Crippen MR) is 83.4 cm³/mol. The zero-order valence-corrected chi connectivity index (χ0v) is 13.0. The average molecular weight is 288 g/mol. The highest BCUT2D eigenvalue weighted by molar-refractivity contribution is 5.30. The lowest BCUT2D eigenvalue weighted by atomic mass is 10.1. The molecule has 0 fully saturated rings. The summed E-state index contributed by atoms with van der Waals surface area (Å²) in [5, 5.41) is 0. The monoisotopic (exact) mass is 288 g/mol. The molecule has 0 radical (unpaired) electrons. The van der Waals surface area contributed by atoms with Gasteiger partial charge in [-0.05, 0) is 32.4 Å². The molecule has 0 amide bonds. The molecule has 2 aromatic rings. The quantitative estimate of drug-likeness (QED) is 0.848. The van der Waals surface area contributed by atoms with Crippen molar-refractivity contribution in [1.82, 2.24) is 14.5 Å². The van der Waals surface area contributed by atoms with Gasteiger partial charge >= 0.3 is 0 Å². The van der Waals surface area contributed by atoms with Crippen molar-refractivity contribution >= 4 is 0 Å². The summed E-state index contributed by atoms with van der Waals surface area (Å²) >= 11 is 0. The summed E-state index contributed by atoms with van der Waals surface area (Å²) in [6.45, 7) is 7.43. The number of aromatic nitrogens is 3. The molecular weight excluding hydrogens is 264 g/mol. The molecule has 0 aliphatic heterocycles. The van der Waals surface area contributed by atoms with Gasteiger partial charge in [-0.15, -0.1) is 0 Å². The lowest BCUT2D eigenvalue weighted by Gasteiger charge is -2.14. The van der Waals surface area contributed by atoms with Crippen LogP contribution in [0.25, 0.3) is 0 Å². The molecule has 21 heavy (non-hydrogen) atoms. The first-order valence-corrected chi connectivity index (χ1v) is 7.42. The lowest BCUT2D eigenvalue weighted by molar-refractivity contribution is 0.291. The molecule has 2 rings (SSSR count). The standard InChI is InChI=1S/C16H24N4O/c1-4-14(17)11-15-16(6-5-12(2)19-15)21-10-9-20-8-7-18-13(20)3/h5-8,14H,4,9-11,17H2,1-3H3. The second kappa shape index (κ2) is 7.22. The number of pyridine rings is 1. The minimum atomic E-state index is 0.123.